The topological polar surface area (TPSA) is 63.2 Å². The molecule has 1 saturated heterocycles. The maximum atomic E-state index is 12.6. The highest BCUT2D eigenvalue weighted by Gasteiger charge is 2.45. The third-order valence-electron chi connectivity index (χ3n) is 5.20. The van der Waals surface area contributed by atoms with Gasteiger partial charge >= 0.3 is 5.51 Å². The molecule has 3 heterocycles. The van der Waals surface area contributed by atoms with Crippen LogP contribution in [0.3, 0.4) is 0 Å². The zero-order valence-corrected chi connectivity index (χ0v) is 19.2. The quantitative estimate of drug-likeness (QED) is 0.432. The highest BCUT2D eigenvalue weighted by molar-refractivity contribution is 7.91. The number of sulfone groups is 1. The minimum absolute atomic E-state index is 0.0353. The van der Waals surface area contributed by atoms with Crippen LogP contribution < -0.4 is 4.90 Å². The van der Waals surface area contributed by atoms with E-state index >= 15 is 0 Å². The van der Waals surface area contributed by atoms with Crippen molar-refractivity contribution >= 4 is 38.6 Å². The molecule has 170 valence electrons. The summed E-state index contributed by atoms with van der Waals surface area (Å²) in [5, 5.41) is 2.71. The molecular formula is C21H19ClF3N3O2S2. The average Bonchev–Trinajstić information content (AvgIpc) is 3.23. The third kappa shape index (κ3) is 4.92. The van der Waals surface area contributed by atoms with Gasteiger partial charge in [-0.2, -0.15) is 13.2 Å². The van der Waals surface area contributed by atoms with Crippen LogP contribution in [0.4, 0.5) is 19.0 Å². The monoisotopic (exact) mass is 501 g/mol. The maximum Gasteiger partial charge on any atom is 0.497 e. The summed E-state index contributed by atoms with van der Waals surface area (Å²) in [4.78, 5) is 11.4. The van der Waals surface area contributed by atoms with E-state index in [1.807, 2.05) is 17.5 Å². The number of aromatic nitrogens is 2. The SMILES string of the molecule is O=S(=O)(Cc1ccc(-c2csc(-c3ccnc(N4CCCCC4)c3)n2)c(Cl)c1)C(F)(F)F. The number of hydrogen-bond donors (Lipinski definition) is 0. The molecule has 0 N–H and O–H groups in total. The van der Waals surface area contributed by atoms with E-state index in [4.69, 9.17) is 11.6 Å². The minimum atomic E-state index is -5.31. The van der Waals surface area contributed by atoms with Crippen LogP contribution in [0.2, 0.25) is 5.02 Å². The molecule has 32 heavy (non-hydrogen) atoms. The Morgan fingerprint density at radius 1 is 1.09 bits per heavy atom. The van der Waals surface area contributed by atoms with Crippen molar-refractivity contribution in [2.24, 2.45) is 0 Å². The molecule has 1 aliphatic heterocycles. The van der Waals surface area contributed by atoms with Crippen LogP contribution >= 0.6 is 22.9 Å². The minimum Gasteiger partial charge on any atom is -0.357 e. The second-order valence-electron chi connectivity index (χ2n) is 7.51. The first-order chi connectivity index (χ1) is 15.1. The number of alkyl halides is 3. The number of anilines is 1. The van der Waals surface area contributed by atoms with E-state index in [1.165, 1.54) is 36.0 Å². The van der Waals surface area contributed by atoms with Crippen molar-refractivity contribution in [2.75, 3.05) is 18.0 Å². The van der Waals surface area contributed by atoms with E-state index in [1.54, 1.807) is 6.20 Å². The molecule has 0 aliphatic carbocycles. The number of hydrogen-bond acceptors (Lipinski definition) is 6. The first-order valence-corrected chi connectivity index (χ1v) is 12.8. The van der Waals surface area contributed by atoms with Crippen molar-refractivity contribution in [3.05, 3.63) is 52.5 Å². The predicted molar refractivity (Wildman–Crippen MR) is 121 cm³/mol. The van der Waals surface area contributed by atoms with Gasteiger partial charge in [-0.15, -0.1) is 11.3 Å². The van der Waals surface area contributed by atoms with Gasteiger partial charge in [-0.25, -0.2) is 18.4 Å². The summed E-state index contributed by atoms with van der Waals surface area (Å²) in [6, 6.07) is 7.93. The summed E-state index contributed by atoms with van der Waals surface area (Å²) in [5.41, 5.74) is -3.34. The van der Waals surface area contributed by atoms with Crippen molar-refractivity contribution in [2.45, 2.75) is 30.5 Å². The summed E-state index contributed by atoms with van der Waals surface area (Å²) in [6.45, 7) is 1.96. The predicted octanol–water partition coefficient (Wildman–Crippen LogP) is 5.95. The van der Waals surface area contributed by atoms with E-state index in [9.17, 15) is 21.6 Å². The van der Waals surface area contributed by atoms with Gasteiger partial charge < -0.3 is 4.90 Å². The molecule has 0 saturated carbocycles. The molecule has 11 heteroatoms. The molecule has 5 nitrogen and oxygen atoms in total. The van der Waals surface area contributed by atoms with Crippen LogP contribution in [-0.4, -0.2) is 37.0 Å². The first-order valence-electron chi connectivity index (χ1n) is 9.89. The molecule has 4 rings (SSSR count). The number of thiazole rings is 1. The molecule has 0 unspecified atom stereocenters. The van der Waals surface area contributed by atoms with Gasteiger partial charge in [0.05, 0.1) is 16.5 Å². The fourth-order valence-corrected chi connectivity index (χ4v) is 5.43. The lowest BCUT2D eigenvalue weighted by atomic mass is 10.1. The molecule has 0 spiro atoms. The van der Waals surface area contributed by atoms with Gasteiger partial charge in [0.2, 0.25) is 0 Å². The number of nitrogens with zero attached hydrogens (tertiary/aromatic N) is 3. The summed E-state index contributed by atoms with van der Waals surface area (Å²) in [7, 11) is -5.27. The molecule has 0 amide bonds. The summed E-state index contributed by atoms with van der Waals surface area (Å²) < 4.78 is 60.7. The Bertz CT molecular complexity index is 1220. The number of rotatable bonds is 5. The van der Waals surface area contributed by atoms with Crippen LogP contribution in [0.15, 0.2) is 41.9 Å². The fourth-order valence-electron chi connectivity index (χ4n) is 3.53. The van der Waals surface area contributed by atoms with Crippen LogP contribution in [0, 0.1) is 0 Å². The van der Waals surface area contributed by atoms with Gasteiger partial charge in [0, 0.05) is 35.8 Å². The van der Waals surface area contributed by atoms with Crippen molar-refractivity contribution < 1.29 is 21.6 Å². The lowest BCUT2D eigenvalue weighted by molar-refractivity contribution is -0.0437. The average molecular weight is 502 g/mol. The molecule has 0 atom stereocenters. The van der Waals surface area contributed by atoms with Gasteiger partial charge in [-0.05, 0) is 43.0 Å². The van der Waals surface area contributed by atoms with E-state index in [0.29, 0.717) is 11.3 Å². The smallest absolute Gasteiger partial charge is 0.357 e. The van der Waals surface area contributed by atoms with Crippen LogP contribution in [0.25, 0.3) is 21.8 Å². The largest absolute Gasteiger partial charge is 0.497 e. The van der Waals surface area contributed by atoms with Gasteiger partial charge in [-0.1, -0.05) is 23.7 Å². The summed E-state index contributed by atoms with van der Waals surface area (Å²) >= 11 is 7.68. The van der Waals surface area contributed by atoms with Crippen molar-refractivity contribution in [1.82, 2.24) is 9.97 Å². The third-order valence-corrected chi connectivity index (χ3v) is 7.82. The Morgan fingerprint density at radius 3 is 2.53 bits per heavy atom. The van der Waals surface area contributed by atoms with Gasteiger partial charge in [0.15, 0.2) is 0 Å². The molecule has 0 radical (unpaired) electrons. The van der Waals surface area contributed by atoms with Crippen LogP contribution in [0.1, 0.15) is 24.8 Å². The molecule has 0 bridgehead atoms. The van der Waals surface area contributed by atoms with Crippen molar-refractivity contribution in [3.63, 3.8) is 0 Å². The highest BCUT2D eigenvalue weighted by atomic mass is 35.5. The molecular weight excluding hydrogens is 483 g/mol. The van der Waals surface area contributed by atoms with Gasteiger partial charge in [0.1, 0.15) is 10.8 Å². The van der Waals surface area contributed by atoms with Crippen LogP contribution in [-0.2, 0) is 15.6 Å². The number of pyridine rings is 1. The number of halogens is 4. The molecule has 1 aliphatic rings. The Balaban J connectivity index is 1.56. The van der Waals surface area contributed by atoms with Gasteiger partial charge in [-0.3, -0.25) is 0 Å². The fraction of sp³-hybridized carbons (Fsp3) is 0.333. The van der Waals surface area contributed by atoms with Crippen LogP contribution in [0.5, 0.6) is 0 Å². The summed E-state index contributed by atoms with van der Waals surface area (Å²) in [5.74, 6) is -0.248. The Labute approximate surface area is 192 Å². The zero-order chi connectivity index (χ0) is 22.9. The normalized spacial score (nSPS) is 15.2. The Morgan fingerprint density at radius 2 is 1.84 bits per heavy atom. The number of piperidine rings is 1. The molecule has 1 fully saturated rings. The lowest BCUT2D eigenvalue weighted by Gasteiger charge is -2.27. The maximum absolute atomic E-state index is 12.6. The highest BCUT2D eigenvalue weighted by Crippen LogP contribution is 2.35. The van der Waals surface area contributed by atoms with E-state index in [0.717, 1.165) is 42.3 Å². The lowest BCUT2D eigenvalue weighted by Crippen LogP contribution is -2.30. The molecule has 3 aromatic rings. The van der Waals surface area contributed by atoms with Crippen molar-refractivity contribution in [3.8, 4) is 21.8 Å². The Hall–Kier alpha value is -2.17. The molecule has 1 aromatic carbocycles. The second-order valence-corrected chi connectivity index (χ2v) is 10.8. The van der Waals surface area contributed by atoms with E-state index in [2.05, 4.69) is 14.9 Å². The summed E-state index contributed by atoms with van der Waals surface area (Å²) in [6.07, 6.45) is 5.27. The van der Waals surface area contributed by atoms with Gasteiger partial charge in [0.25, 0.3) is 9.84 Å². The Kier molecular flexibility index (Phi) is 6.46. The van der Waals surface area contributed by atoms with Crippen molar-refractivity contribution in [1.29, 1.82) is 0 Å². The number of benzene rings is 1. The van der Waals surface area contributed by atoms with E-state index in [-0.39, 0.29) is 10.6 Å². The van der Waals surface area contributed by atoms with E-state index < -0.39 is 21.1 Å². The second kappa shape index (κ2) is 8.99. The standard InChI is InChI=1S/C21H19ClF3N3O2S2/c22-17-10-14(13-32(29,30)21(23,24)25)4-5-16(17)18-12-31-20(27-18)15-6-7-26-19(11-15)28-8-2-1-3-9-28/h4-7,10-12H,1-3,8-9,13H2. The molecule has 2 aromatic heterocycles. The first kappa shape index (κ1) is 23.0. The zero-order valence-electron chi connectivity index (χ0n) is 16.8.